The molecule has 1 saturated heterocycles. The Bertz CT molecular complexity index is 726. The molecule has 0 N–H and O–H groups in total. The van der Waals surface area contributed by atoms with E-state index in [1.54, 1.807) is 5.57 Å². The van der Waals surface area contributed by atoms with Gasteiger partial charge in [0.1, 0.15) is 5.60 Å². The number of allylic oxidation sites excluding steroid dienone is 1. The summed E-state index contributed by atoms with van der Waals surface area (Å²) in [5.41, 5.74) is 2.62. The molecule has 0 radical (unpaired) electrons. The average Bonchev–Trinajstić information content (AvgIpc) is 3.35. The topological polar surface area (TPSA) is 21.8 Å². The largest absolute Gasteiger partial charge is 0.381 e. The molecule has 5 aliphatic rings. The summed E-state index contributed by atoms with van der Waals surface area (Å²) < 4.78 is 12.6. The van der Waals surface area contributed by atoms with Gasteiger partial charge < -0.3 is 9.47 Å². The Hall–Kier alpha value is -0.340. The fraction of sp³-hybridized carbons (Fsp3) is 0.931. The van der Waals surface area contributed by atoms with Gasteiger partial charge in [0.25, 0.3) is 0 Å². The molecule has 0 aromatic carbocycles. The van der Waals surface area contributed by atoms with E-state index in [1.165, 1.54) is 57.8 Å². The summed E-state index contributed by atoms with van der Waals surface area (Å²) in [4.78, 5) is 0. The van der Waals surface area contributed by atoms with Crippen molar-refractivity contribution in [2.45, 2.75) is 117 Å². The first-order valence-corrected chi connectivity index (χ1v) is 13.6. The van der Waals surface area contributed by atoms with Crippen molar-refractivity contribution in [2.24, 2.45) is 46.3 Å². The van der Waals surface area contributed by atoms with E-state index in [2.05, 4.69) is 47.6 Å². The van der Waals surface area contributed by atoms with Crippen LogP contribution in [0.5, 0.6) is 0 Å². The molecule has 3 saturated carbocycles. The molecule has 5 rings (SSSR count). The van der Waals surface area contributed by atoms with Crippen LogP contribution in [0.1, 0.15) is 99.3 Å². The third-order valence-electron chi connectivity index (χ3n) is 11.7. The minimum atomic E-state index is 0.0864. The van der Waals surface area contributed by atoms with Crippen LogP contribution in [-0.2, 0) is 9.47 Å². The molecule has 31 heavy (non-hydrogen) atoms. The highest BCUT2D eigenvalue weighted by Crippen LogP contribution is 2.75. The van der Waals surface area contributed by atoms with Gasteiger partial charge in [-0.3, -0.25) is 0 Å². The van der Waals surface area contributed by atoms with Gasteiger partial charge in [-0.15, -0.1) is 0 Å². The lowest BCUT2D eigenvalue weighted by Gasteiger charge is -2.56. The Balaban J connectivity index is 1.37. The summed E-state index contributed by atoms with van der Waals surface area (Å²) in [6.45, 7) is 15.0. The van der Waals surface area contributed by atoms with Crippen LogP contribution in [0.25, 0.3) is 0 Å². The third kappa shape index (κ3) is 3.09. The van der Waals surface area contributed by atoms with Crippen LogP contribution in [-0.4, -0.2) is 24.9 Å². The molecule has 2 nitrogen and oxygen atoms in total. The zero-order chi connectivity index (χ0) is 22.2. The van der Waals surface area contributed by atoms with Crippen molar-refractivity contribution >= 4 is 0 Å². The van der Waals surface area contributed by atoms with Gasteiger partial charge in [0.2, 0.25) is 0 Å². The van der Waals surface area contributed by atoms with Crippen LogP contribution in [0.15, 0.2) is 11.6 Å². The molecule has 176 valence electrons. The van der Waals surface area contributed by atoms with Crippen molar-refractivity contribution < 1.29 is 9.47 Å². The molecular formula is C29H48O2. The first-order chi connectivity index (χ1) is 14.7. The zero-order valence-corrected chi connectivity index (χ0v) is 21.4. The molecule has 0 aromatic heterocycles. The molecule has 1 aliphatic heterocycles. The maximum absolute atomic E-state index is 6.86. The number of rotatable bonds is 6. The SMILES string of the molecule is CO[C@H]1CC[C@@]2(C)C(CC=C3C4CC[C@H]([C@H](C)CC[C@@H](C)C(C)C)[C@@]4(C)C[C@H]4O[C@@]342)C1. The minimum absolute atomic E-state index is 0.0864. The summed E-state index contributed by atoms with van der Waals surface area (Å²) in [7, 11) is 1.90. The predicted molar refractivity (Wildman–Crippen MR) is 128 cm³/mol. The Morgan fingerprint density at radius 1 is 1.10 bits per heavy atom. The lowest BCUT2D eigenvalue weighted by Crippen LogP contribution is -2.56. The number of epoxide rings is 1. The monoisotopic (exact) mass is 428 g/mol. The summed E-state index contributed by atoms with van der Waals surface area (Å²) in [6.07, 6.45) is 15.5. The highest BCUT2D eigenvalue weighted by Gasteiger charge is 2.77. The van der Waals surface area contributed by atoms with Gasteiger partial charge in [0.05, 0.1) is 12.2 Å². The van der Waals surface area contributed by atoms with Crippen LogP contribution in [0.3, 0.4) is 0 Å². The van der Waals surface area contributed by atoms with Crippen molar-refractivity contribution in [1.29, 1.82) is 0 Å². The molecule has 0 amide bonds. The van der Waals surface area contributed by atoms with E-state index in [0.717, 1.165) is 35.5 Å². The van der Waals surface area contributed by atoms with Crippen LogP contribution < -0.4 is 0 Å². The molecule has 2 heteroatoms. The summed E-state index contributed by atoms with van der Waals surface area (Å²) in [6, 6.07) is 0. The summed E-state index contributed by atoms with van der Waals surface area (Å²) in [5, 5.41) is 0. The third-order valence-corrected chi connectivity index (χ3v) is 11.7. The van der Waals surface area contributed by atoms with Gasteiger partial charge in [0, 0.05) is 12.5 Å². The van der Waals surface area contributed by atoms with Crippen molar-refractivity contribution in [1.82, 2.24) is 0 Å². The second-order valence-electron chi connectivity index (χ2n) is 13.2. The van der Waals surface area contributed by atoms with Crippen molar-refractivity contribution in [2.75, 3.05) is 7.11 Å². The molecule has 4 aliphatic carbocycles. The normalized spacial score (nSPS) is 50.1. The van der Waals surface area contributed by atoms with Gasteiger partial charge in [-0.2, -0.15) is 0 Å². The van der Waals surface area contributed by atoms with Gasteiger partial charge in [-0.05, 0) is 91.4 Å². The van der Waals surface area contributed by atoms with Gasteiger partial charge in [-0.1, -0.05) is 60.5 Å². The smallest absolute Gasteiger partial charge is 0.122 e. The van der Waals surface area contributed by atoms with Gasteiger partial charge in [-0.25, -0.2) is 0 Å². The maximum atomic E-state index is 6.86. The lowest BCUT2D eigenvalue weighted by atomic mass is 9.47. The summed E-state index contributed by atoms with van der Waals surface area (Å²) in [5.74, 6) is 4.86. The van der Waals surface area contributed by atoms with Gasteiger partial charge >= 0.3 is 0 Å². The first-order valence-electron chi connectivity index (χ1n) is 13.6. The van der Waals surface area contributed by atoms with E-state index in [9.17, 15) is 0 Å². The van der Waals surface area contributed by atoms with Crippen LogP contribution in [0.2, 0.25) is 0 Å². The Labute approximate surface area is 191 Å². The summed E-state index contributed by atoms with van der Waals surface area (Å²) >= 11 is 0. The molecule has 1 spiro atoms. The molecule has 0 aromatic rings. The van der Waals surface area contributed by atoms with Crippen molar-refractivity contribution in [3.05, 3.63) is 11.6 Å². The van der Waals surface area contributed by atoms with Crippen LogP contribution >= 0.6 is 0 Å². The van der Waals surface area contributed by atoms with Crippen LogP contribution in [0, 0.1) is 46.3 Å². The van der Waals surface area contributed by atoms with E-state index in [1.807, 2.05) is 7.11 Å². The quantitative estimate of drug-likeness (QED) is 0.324. The number of hydrogen-bond acceptors (Lipinski definition) is 2. The Morgan fingerprint density at radius 2 is 1.87 bits per heavy atom. The second kappa shape index (κ2) is 7.59. The predicted octanol–water partition coefficient (Wildman–Crippen LogP) is 7.42. The number of methoxy groups -OCH3 is 1. The average molecular weight is 429 g/mol. The molecule has 10 atom stereocenters. The molecular weight excluding hydrogens is 380 g/mol. The maximum Gasteiger partial charge on any atom is 0.122 e. The number of ether oxygens (including phenoxy) is 2. The van der Waals surface area contributed by atoms with E-state index in [4.69, 9.17) is 9.47 Å². The van der Waals surface area contributed by atoms with E-state index < -0.39 is 0 Å². The van der Waals surface area contributed by atoms with E-state index in [0.29, 0.717) is 23.0 Å². The second-order valence-corrected chi connectivity index (χ2v) is 13.2. The number of hydrogen-bond donors (Lipinski definition) is 0. The highest BCUT2D eigenvalue weighted by atomic mass is 16.6. The minimum Gasteiger partial charge on any atom is -0.381 e. The Kier molecular flexibility index (Phi) is 5.50. The van der Waals surface area contributed by atoms with Crippen molar-refractivity contribution in [3.63, 3.8) is 0 Å². The van der Waals surface area contributed by atoms with Crippen LogP contribution in [0.4, 0.5) is 0 Å². The van der Waals surface area contributed by atoms with Crippen molar-refractivity contribution in [3.8, 4) is 0 Å². The Morgan fingerprint density at radius 3 is 2.58 bits per heavy atom. The molecule has 2 unspecified atom stereocenters. The molecule has 1 heterocycles. The lowest BCUT2D eigenvalue weighted by molar-refractivity contribution is -0.0515. The standard InChI is InChI=1S/C29H48O2/c1-18(2)19(3)8-9-20(4)23-12-13-24-25-11-10-21-16-22(30-7)14-15-28(21,6)29(25)26(31-29)17-27(23,24)5/h11,18-24,26H,8-10,12-17H2,1-7H3/t19-,20-,21?,22+,23-,24?,26-,27-,28+,29+/m1/s1. The zero-order valence-electron chi connectivity index (χ0n) is 21.4. The van der Waals surface area contributed by atoms with E-state index >= 15 is 0 Å². The van der Waals surface area contributed by atoms with E-state index in [-0.39, 0.29) is 5.60 Å². The number of fused-ring (bicyclic) bond motifs is 3. The van der Waals surface area contributed by atoms with Gasteiger partial charge in [0.15, 0.2) is 0 Å². The molecule has 0 bridgehead atoms. The highest BCUT2D eigenvalue weighted by molar-refractivity contribution is 5.43. The fourth-order valence-electron chi connectivity index (χ4n) is 9.17. The molecule has 4 fully saturated rings. The fourth-order valence-corrected chi connectivity index (χ4v) is 9.17. The first kappa shape index (κ1) is 22.5.